The summed E-state index contributed by atoms with van der Waals surface area (Å²) in [5.74, 6) is -0.839. The van der Waals surface area contributed by atoms with Gasteiger partial charge in [-0.15, -0.1) is 0 Å². The van der Waals surface area contributed by atoms with Crippen LogP contribution in [0, 0.1) is 0 Å². The van der Waals surface area contributed by atoms with Crippen molar-refractivity contribution in [1.29, 1.82) is 0 Å². The predicted octanol–water partition coefficient (Wildman–Crippen LogP) is 4.00. The molecule has 0 saturated carbocycles. The summed E-state index contributed by atoms with van der Waals surface area (Å²) >= 11 is 0. The van der Waals surface area contributed by atoms with Crippen molar-refractivity contribution in [2.24, 2.45) is 0 Å². The molecule has 0 heterocycles. The molecule has 0 unspecified atom stereocenters. The summed E-state index contributed by atoms with van der Waals surface area (Å²) in [6.45, 7) is 1.53. The van der Waals surface area contributed by atoms with E-state index in [2.05, 4.69) is 5.32 Å². The van der Waals surface area contributed by atoms with E-state index in [9.17, 15) is 14.4 Å². The molecule has 1 aliphatic carbocycles. The van der Waals surface area contributed by atoms with Crippen molar-refractivity contribution in [3.05, 3.63) is 95.6 Å². The van der Waals surface area contributed by atoms with Crippen molar-refractivity contribution < 1.29 is 23.9 Å². The van der Waals surface area contributed by atoms with E-state index in [-0.39, 0.29) is 19.1 Å². The molecule has 0 bridgehead atoms. The first kappa shape index (κ1) is 21.1. The quantitative estimate of drug-likeness (QED) is 0.218. The molecule has 160 valence electrons. The molecule has 3 aromatic rings. The molecule has 6 heteroatoms. The van der Waals surface area contributed by atoms with Gasteiger partial charge in [0.15, 0.2) is 0 Å². The molecule has 0 saturated heterocycles. The summed E-state index contributed by atoms with van der Waals surface area (Å²) in [5, 5.41) is 2.69. The first-order valence-corrected chi connectivity index (χ1v) is 10.2. The van der Waals surface area contributed by atoms with Gasteiger partial charge in [-0.3, -0.25) is 9.59 Å². The van der Waals surface area contributed by atoms with Crippen LogP contribution in [0.15, 0.2) is 78.9 Å². The molecule has 0 radical (unpaired) electrons. The van der Waals surface area contributed by atoms with Crippen LogP contribution in [0.3, 0.4) is 0 Å². The maximum atomic E-state index is 12.4. The lowest BCUT2D eigenvalue weighted by molar-refractivity contribution is -0.137. The van der Waals surface area contributed by atoms with Gasteiger partial charge in [0, 0.05) is 18.6 Å². The number of carbonyl (C=O) groups is 3. The number of amides is 1. The lowest BCUT2D eigenvalue weighted by Gasteiger charge is -2.07. The van der Waals surface area contributed by atoms with Gasteiger partial charge >= 0.3 is 11.9 Å². The van der Waals surface area contributed by atoms with Gasteiger partial charge in [-0.25, -0.2) is 4.79 Å². The predicted molar refractivity (Wildman–Crippen MR) is 120 cm³/mol. The van der Waals surface area contributed by atoms with Gasteiger partial charge in [0.1, 0.15) is 12.4 Å². The van der Waals surface area contributed by atoms with E-state index in [1.807, 2.05) is 48.5 Å². The molecule has 0 atom stereocenters. The van der Waals surface area contributed by atoms with Crippen molar-refractivity contribution in [3.8, 4) is 16.9 Å². The number of hydrogen-bond donors (Lipinski definition) is 1. The molecule has 0 aromatic heterocycles. The number of esters is 2. The summed E-state index contributed by atoms with van der Waals surface area (Å²) in [6.07, 6.45) is 1.50. The summed E-state index contributed by atoms with van der Waals surface area (Å²) in [4.78, 5) is 35.6. The van der Waals surface area contributed by atoms with Gasteiger partial charge in [-0.2, -0.15) is 0 Å². The van der Waals surface area contributed by atoms with Gasteiger partial charge in [0.2, 0.25) is 0 Å². The molecule has 0 spiro atoms. The normalized spacial score (nSPS) is 11.2. The number of fused-ring (bicyclic) bond motifs is 3. The average molecular weight is 427 g/mol. The van der Waals surface area contributed by atoms with Crippen LogP contribution in [-0.4, -0.2) is 31.0 Å². The zero-order valence-electron chi connectivity index (χ0n) is 17.5. The Balaban J connectivity index is 1.33. The second-order valence-electron chi connectivity index (χ2n) is 7.19. The van der Waals surface area contributed by atoms with Crippen LogP contribution < -0.4 is 10.1 Å². The van der Waals surface area contributed by atoms with Crippen LogP contribution in [0.1, 0.15) is 28.4 Å². The Morgan fingerprint density at radius 2 is 1.38 bits per heavy atom. The lowest BCUT2D eigenvalue weighted by Crippen LogP contribution is -2.27. The van der Waals surface area contributed by atoms with Gasteiger partial charge in [-0.05, 0) is 52.1 Å². The van der Waals surface area contributed by atoms with E-state index < -0.39 is 11.9 Å². The Morgan fingerprint density at radius 3 is 1.94 bits per heavy atom. The molecule has 1 amide bonds. The monoisotopic (exact) mass is 427 g/mol. The molecule has 0 aliphatic heterocycles. The van der Waals surface area contributed by atoms with E-state index in [0.717, 1.165) is 27.8 Å². The molecular weight excluding hydrogens is 406 g/mol. The van der Waals surface area contributed by atoms with Crippen LogP contribution in [0.25, 0.3) is 16.7 Å². The van der Waals surface area contributed by atoms with Crippen LogP contribution in [-0.2, 0) is 14.3 Å². The number of rotatable bonds is 6. The number of ether oxygens (including phenoxy) is 2. The fourth-order valence-electron chi connectivity index (χ4n) is 3.62. The summed E-state index contributed by atoms with van der Waals surface area (Å²) in [5.41, 5.74) is 5.42. The number of nitrogens with one attached hydrogen (secondary N) is 1. The van der Waals surface area contributed by atoms with E-state index in [1.54, 1.807) is 24.3 Å². The van der Waals surface area contributed by atoms with Crippen molar-refractivity contribution in [1.82, 2.24) is 5.32 Å². The average Bonchev–Trinajstić information content (AvgIpc) is 3.10. The summed E-state index contributed by atoms with van der Waals surface area (Å²) in [6, 6.07) is 22.1. The Kier molecular flexibility index (Phi) is 6.12. The van der Waals surface area contributed by atoms with Crippen LogP contribution in [0.2, 0.25) is 0 Å². The molecule has 4 rings (SSSR count). The van der Waals surface area contributed by atoms with E-state index in [4.69, 9.17) is 9.47 Å². The third-order valence-electron chi connectivity index (χ3n) is 5.00. The van der Waals surface area contributed by atoms with E-state index in [0.29, 0.717) is 11.3 Å². The first-order valence-electron chi connectivity index (χ1n) is 10.2. The van der Waals surface area contributed by atoms with Gasteiger partial charge in [0.05, 0.1) is 6.54 Å². The Bertz CT molecular complexity index is 1160. The lowest BCUT2D eigenvalue weighted by atomic mass is 10.0. The zero-order valence-corrected chi connectivity index (χ0v) is 17.5. The SMILES string of the molecule is CC(=O)Oc1ccc(C(=O)NCCOC(=O)C=C2c3ccccc3-c3ccccc32)cc1. The molecule has 0 fully saturated rings. The van der Waals surface area contributed by atoms with Gasteiger partial charge < -0.3 is 14.8 Å². The number of hydrogen-bond acceptors (Lipinski definition) is 5. The second-order valence-corrected chi connectivity index (χ2v) is 7.19. The molecule has 1 aliphatic rings. The molecule has 32 heavy (non-hydrogen) atoms. The Labute approximate surface area is 185 Å². The minimum absolute atomic E-state index is 0.0448. The Morgan fingerprint density at radius 1 is 0.812 bits per heavy atom. The number of carbonyl (C=O) groups excluding carboxylic acids is 3. The maximum absolute atomic E-state index is 12.4. The van der Waals surface area contributed by atoms with Crippen molar-refractivity contribution in [3.63, 3.8) is 0 Å². The van der Waals surface area contributed by atoms with E-state index >= 15 is 0 Å². The number of benzene rings is 3. The standard InChI is InChI=1S/C26H21NO5/c1-17(28)32-19-12-10-18(11-13-19)26(30)27-14-15-31-25(29)16-24-22-8-4-2-6-20(22)21-7-3-5-9-23(21)24/h2-13,16H,14-15H2,1H3,(H,27,30). The van der Waals surface area contributed by atoms with Gasteiger partial charge in [0.25, 0.3) is 5.91 Å². The topological polar surface area (TPSA) is 81.7 Å². The molecular formula is C26H21NO5. The fraction of sp³-hybridized carbons (Fsp3) is 0.115. The summed E-state index contributed by atoms with van der Waals surface area (Å²) in [7, 11) is 0. The minimum Gasteiger partial charge on any atom is -0.461 e. The van der Waals surface area contributed by atoms with Crippen LogP contribution in [0.5, 0.6) is 5.75 Å². The van der Waals surface area contributed by atoms with Crippen LogP contribution in [0.4, 0.5) is 0 Å². The fourth-order valence-corrected chi connectivity index (χ4v) is 3.62. The van der Waals surface area contributed by atoms with Crippen molar-refractivity contribution in [2.75, 3.05) is 13.2 Å². The molecule has 1 N–H and O–H groups in total. The van der Waals surface area contributed by atoms with Crippen LogP contribution >= 0.6 is 0 Å². The highest BCUT2D eigenvalue weighted by Gasteiger charge is 2.23. The highest BCUT2D eigenvalue weighted by atomic mass is 16.5. The first-order chi connectivity index (χ1) is 15.5. The van der Waals surface area contributed by atoms with Gasteiger partial charge in [-0.1, -0.05) is 48.5 Å². The highest BCUT2D eigenvalue weighted by molar-refractivity contribution is 6.06. The zero-order chi connectivity index (χ0) is 22.5. The second kappa shape index (κ2) is 9.31. The molecule has 3 aromatic carbocycles. The third kappa shape index (κ3) is 4.59. The van der Waals surface area contributed by atoms with Crippen molar-refractivity contribution in [2.45, 2.75) is 6.92 Å². The minimum atomic E-state index is -0.466. The third-order valence-corrected chi connectivity index (χ3v) is 5.00. The van der Waals surface area contributed by atoms with E-state index in [1.165, 1.54) is 13.0 Å². The highest BCUT2D eigenvalue weighted by Crippen LogP contribution is 2.43. The Hall–Kier alpha value is -4.19. The molecule has 6 nitrogen and oxygen atoms in total. The smallest absolute Gasteiger partial charge is 0.331 e. The summed E-state index contributed by atoms with van der Waals surface area (Å²) < 4.78 is 10.2. The van der Waals surface area contributed by atoms with Crippen molar-refractivity contribution >= 4 is 23.4 Å². The maximum Gasteiger partial charge on any atom is 0.331 e. The largest absolute Gasteiger partial charge is 0.461 e.